The monoisotopic (exact) mass is 247 g/mol. The molecule has 3 heteroatoms. The minimum Gasteiger partial charge on any atom is -0.344 e. The van der Waals surface area contributed by atoms with Crippen molar-refractivity contribution in [3.8, 4) is 23.4 Å². The second-order valence-corrected chi connectivity index (χ2v) is 4.35. The van der Waals surface area contributed by atoms with E-state index in [2.05, 4.69) is 31.2 Å². The molecule has 2 rings (SSSR count). The lowest BCUT2D eigenvalue weighted by atomic mass is 10.1. The van der Waals surface area contributed by atoms with Crippen LogP contribution in [0.15, 0.2) is 42.0 Å². The Labute approximate surface area is 112 Å². The molecule has 0 unspecified atom stereocenters. The molecule has 0 atom stereocenters. The zero-order valence-electron chi connectivity index (χ0n) is 10.9. The van der Waals surface area contributed by atoms with Crippen LogP contribution in [-0.2, 0) is 7.05 Å². The highest BCUT2D eigenvalue weighted by Gasteiger charge is 2.06. The number of benzene rings is 1. The molecule has 1 aromatic carbocycles. The molecule has 0 amide bonds. The van der Waals surface area contributed by atoms with E-state index in [1.54, 1.807) is 6.08 Å². The van der Waals surface area contributed by atoms with E-state index in [9.17, 15) is 0 Å². The molecule has 2 aromatic rings. The third-order valence-electron chi connectivity index (χ3n) is 3.04. The van der Waals surface area contributed by atoms with Crippen molar-refractivity contribution in [1.82, 2.24) is 4.57 Å². The number of nitrogens with zero attached hydrogens (tertiary/aromatic N) is 3. The van der Waals surface area contributed by atoms with Gasteiger partial charge in [0.25, 0.3) is 0 Å². The van der Waals surface area contributed by atoms with Crippen LogP contribution in [0, 0.1) is 29.6 Å². The van der Waals surface area contributed by atoms with E-state index < -0.39 is 0 Å². The van der Waals surface area contributed by atoms with E-state index in [4.69, 9.17) is 10.5 Å². The van der Waals surface area contributed by atoms with Gasteiger partial charge in [-0.1, -0.05) is 29.8 Å². The predicted molar refractivity (Wildman–Crippen MR) is 74.8 cm³/mol. The lowest BCUT2D eigenvalue weighted by molar-refractivity contribution is 0.923. The lowest BCUT2D eigenvalue weighted by Crippen LogP contribution is -1.94. The number of hydrogen-bond donors (Lipinski definition) is 0. The Hall–Kier alpha value is -2.78. The summed E-state index contributed by atoms with van der Waals surface area (Å²) in [5.74, 6) is 0. The van der Waals surface area contributed by atoms with Gasteiger partial charge in [-0.05, 0) is 30.7 Å². The van der Waals surface area contributed by atoms with Crippen LogP contribution in [0.1, 0.15) is 11.3 Å². The standard InChI is InChI=1S/C16H13N3/c1-12-3-5-14(6-4-12)16-8-7-15(19(16)2)9-13(10-17)11-18/h3-9H,1-2H3. The third kappa shape index (κ3) is 2.56. The minimum atomic E-state index is 0.108. The van der Waals surface area contributed by atoms with Gasteiger partial charge in [0.15, 0.2) is 0 Å². The van der Waals surface area contributed by atoms with E-state index in [0.29, 0.717) is 0 Å². The normalized spacial score (nSPS) is 9.47. The van der Waals surface area contributed by atoms with Gasteiger partial charge in [-0.25, -0.2) is 0 Å². The van der Waals surface area contributed by atoms with Crippen molar-refractivity contribution < 1.29 is 0 Å². The van der Waals surface area contributed by atoms with Crippen molar-refractivity contribution in [3.05, 3.63) is 53.2 Å². The highest BCUT2D eigenvalue weighted by molar-refractivity contribution is 5.67. The topological polar surface area (TPSA) is 52.5 Å². The fraction of sp³-hybridized carbons (Fsp3) is 0.125. The molecule has 0 aliphatic carbocycles. The number of aromatic nitrogens is 1. The molecule has 0 saturated heterocycles. The first-order valence-corrected chi connectivity index (χ1v) is 5.90. The Morgan fingerprint density at radius 3 is 2.26 bits per heavy atom. The van der Waals surface area contributed by atoms with Crippen LogP contribution in [0.3, 0.4) is 0 Å². The molecule has 0 aliphatic heterocycles. The van der Waals surface area contributed by atoms with E-state index in [0.717, 1.165) is 17.0 Å². The second kappa shape index (κ2) is 5.25. The Balaban J connectivity index is 2.45. The smallest absolute Gasteiger partial charge is 0.131 e. The van der Waals surface area contributed by atoms with Crippen LogP contribution in [0.4, 0.5) is 0 Å². The van der Waals surface area contributed by atoms with Crippen molar-refractivity contribution in [2.75, 3.05) is 0 Å². The van der Waals surface area contributed by atoms with Crippen molar-refractivity contribution in [1.29, 1.82) is 10.5 Å². The minimum absolute atomic E-state index is 0.108. The molecule has 0 spiro atoms. The maximum atomic E-state index is 8.78. The molecule has 0 fully saturated rings. The summed E-state index contributed by atoms with van der Waals surface area (Å²) in [4.78, 5) is 0. The van der Waals surface area contributed by atoms with Gasteiger partial charge in [0.1, 0.15) is 17.7 Å². The molecule has 92 valence electrons. The van der Waals surface area contributed by atoms with Gasteiger partial charge in [0.05, 0.1) is 0 Å². The number of hydrogen-bond acceptors (Lipinski definition) is 2. The SMILES string of the molecule is Cc1ccc(-c2ccc(C=C(C#N)C#N)n2C)cc1. The first-order chi connectivity index (χ1) is 9.15. The van der Waals surface area contributed by atoms with Gasteiger partial charge >= 0.3 is 0 Å². The van der Waals surface area contributed by atoms with Crippen molar-refractivity contribution in [2.24, 2.45) is 7.05 Å². The van der Waals surface area contributed by atoms with Crippen LogP contribution in [-0.4, -0.2) is 4.57 Å². The second-order valence-electron chi connectivity index (χ2n) is 4.35. The molecule has 0 aliphatic rings. The number of aryl methyl sites for hydroxylation is 1. The Kier molecular flexibility index (Phi) is 3.50. The Morgan fingerprint density at radius 2 is 1.68 bits per heavy atom. The molecule has 1 aromatic heterocycles. The van der Waals surface area contributed by atoms with Crippen LogP contribution < -0.4 is 0 Å². The van der Waals surface area contributed by atoms with Crippen molar-refractivity contribution in [2.45, 2.75) is 6.92 Å². The number of nitriles is 2. The molecular weight excluding hydrogens is 234 g/mol. The Bertz CT molecular complexity index is 688. The third-order valence-corrected chi connectivity index (χ3v) is 3.04. The molecule has 0 radical (unpaired) electrons. The molecule has 0 N–H and O–H groups in total. The number of rotatable bonds is 2. The summed E-state index contributed by atoms with van der Waals surface area (Å²) in [5, 5.41) is 17.6. The van der Waals surface area contributed by atoms with Gasteiger partial charge < -0.3 is 4.57 Å². The molecule has 3 nitrogen and oxygen atoms in total. The summed E-state index contributed by atoms with van der Waals surface area (Å²) >= 11 is 0. The van der Waals surface area contributed by atoms with Crippen molar-refractivity contribution in [3.63, 3.8) is 0 Å². The summed E-state index contributed by atoms with van der Waals surface area (Å²) in [6.07, 6.45) is 1.59. The summed E-state index contributed by atoms with van der Waals surface area (Å²) in [6.45, 7) is 2.05. The van der Waals surface area contributed by atoms with Crippen LogP contribution in [0.2, 0.25) is 0 Å². The van der Waals surface area contributed by atoms with Gasteiger partial charge in [0.2, 0.25) is 0 Å². The van der Waals surface area contributed by atoms with E-state index in [1.165, 1.54) is 5.56 Å². The largest absolute Gasteiger partial charge is 0.344 e. The number of allylic oxidation sites excluding steroid dienone is 1. The van der Waals surface area contributed by atoms with Crippen LogP contribution in [0.5, 0.6) is 0 Å². The van der Waals surface area contributed by atoms with E-state index >= 15 is 0 Å². The van der Waals surface area contributed by atoms with E-state index in [-0.39, 0.29) is 5.57 Å². The summed E-state index contributed by atoms with van der Waals surface area (Å²) in [5.41, 5.74) is 4.34. The summed E-state index contributed by atoms with van der Waals surface area (Å²) < 4.78 is 1.97. The average Bonchev–Trinajstić information content (AvgIpc) is 2.78. The van der Waals surface area contributed by atoms with E-state index in [1.807, 2.05) is 35.9 Å². The van der Waals surface area contributed by atoms with Gasteiger partial charge in [-0.15, -0.1) is 0 Å². The van der Waals surface area contributed by atoms with Gasteiger partial charge in [-0.2, -0.15) is 10.5 Å². The first kappa shape index (κ1) is 12.7. The molecular formula is C16H13N3. The zero-order chi connectivity index (χ0) is 13.8. The first-order valence-electron chi connectivity index (χ1n) is 5.90. The Morgan fingerprint density at radius 1 is 1.05 bits per heavy atom. The van der Waals surface area contributed by atoms with Crippen molar-refractivity contribution >= 4 is 6.08 Å². The predicted octanol–water partition coefficient (Wildman–Crippen LogP) is 3.43. The average molecular weight is 247 g/mol. The molecule has 19 heavy (non-hydrogen) atoms. The molecule has 0 bridgehead atoms. The highest BCUT2D eigenvalue weighted by atomic mass is 14.9. The summed E-state index contributed by atoms with van der Waals surface area (Å²) in [6, 6.07) is 15.9. The maximum Gasteiger partial charge on any atom is 0.131 e. The maximum absolute atomic E-state index is 8.78. The molecule has 0 saturated carbocycles. The molecule has 1 heterocycles. The quantitative estimate of drug-likeness (QED) is 0.763. The van der Waals surface area contributed by atoms with Crippen LogP contribution in [0.25, 0.3) is 17.3 Å². The fourth-order valence-electron chi connectivity index (χ4n) is 1.92. The van der Waals surface area contributed by atoms with Gasteiger partial charge in [-0.3, -0.25) is 0 Å². The summed E-state index contributed by atoms with van der Waals surface area (Å²) in [7, 11) is 1.92. The van der Waals surface area contributed by atoms with Crippen LogP contribution >= 0.6 is 0 Å². The highest BCUT2D eigenvalue weighted by Crippen LogP contribution is 2.23. The lowest BCUT2D eigenvalue weighted by Gasteiger charge is -2.06. The zero-order valence-corrected chi connectivity index (χ0v) is 10.9. The van der Waals surface area contributed by atoms with Gasteiger partial charge in [0, 0.05) is 18.4 Å². The fourth-order valence-corrected chi connectivity index (χ4v) is 1.92.